The number of nitrogens with zero attached hydrogens (tertiary/aromatic N) is 3. The molecular formula is C20H21BrN4O. The number of benzene rings is 2. The lowest BCUT2D eigenvalue weighted by Crippen LogP contribution is -2.14. The second-order valence-corrected chi connectivity index (χ2v) is 7.51. The third-order valence-corrected chi connectivity index (χ3v) is 5.40. The number of para-hydroxylation sites is 1. The average molecular weight is 413 g/mol. The Morgan fingerprint density at radius 3 is 2.96 bits per heavy atom. The summed E-state index contributed by atoms with van der Waals surface area (Å²) in [6.07, 6.45) is 1.55. The van der Waals surface area contributed by atoms with Gasteiger partial charge in [-0.05, 0) is 49.1 Å². The van der Waals surface area contributed by atoms with E-state index in [0.29, 0.717) is 6.42 Å². The lowest BCUT2D eigenvalue weighted by atomic mass is 9.96. The minimum atomic E-state index is 0.145. The molecule has 1 atom stereocenters. The van der Waals surface area contributed by atoms with E-state index in [0.717, 1.165) is 40.1 Å². The Labute approximate surface area is 161 Å². The van der Waals surface area contributed by atoms with Crippen molar-refractivity contribution in [1.29, 1.82) is 0 Å². The highest BCUT2D eigenvalue weighted by atomic mass is 79.9. The Hall–Kier alpha value is -2.18. The van der Waals surface area contributed by atoms with Crippen LogP contribution in [-0.4, -0.2) is 26.7 Å². The van der Waals surface area contributed by atoms with Crippen LogP contribution in [0.15, 0.2) is 46.9 Å². The van der Waals surface area contributed by atoms with E-state index in [-0.39, 0.29) is 12.6 Å². The molecule has 1 unspecified atom stereocenters. The third kappa shape index (κ3) is 3.15. The fourth-order valence-electron chi connectivity index (χ4n) is 3.67. The fourth-order valence-corrected chi connectivity index (χ4v) is 4.05. The first kappa shape index (κ1) is 17.2. The Morgan fingerprint density at radius 1 is 1.27 bits per heavy atom. The summed E-state index contributed by atoms with van der Waals surface area (Å²) in [6, 6.07) is 14.7. The normalized spacial score (nSPS) is 15.9. The quantitative estimate of drug-likeness (QED) is 0.676. The smallest absolute Gasteiger partial charge is 0.0918 e. The lowest BCUT2D eigenvalue weighted by Gasteiger charge is -2.22. The highest BCUT2D eigenvalue weighted by Gasteiger charge is 2.25. The maximum absolute atomic E-state index is 9.36. The van der Waals surface area contributed by atoms with Crippen LogP contribution in [0.25, 0.3) is 11.3 Å². The molecule has 0 spiro atoms. The van der Waals surface area contributed by atoms with Crippen LogP contribution < -0.4 is 5.32 Å². The molecule has 6 heteroatoms. The first-order valence-electron chi connectivity index (χ1n) is 8.82. The van der Waals surface area contributed by atoms with Gasteiger partial charge in [0.1, 0.15) is 0 Å². The zero-order chi connectivity index (χ0) is 18.1. The van der Waals surface area contributed by atoms with Crippen LogP contribution in [0, 0.1) is 6.92 Å². The molecule has 0 saturated heterocycles. The first-order valence-corrected chi connectivity index (χ1v) is 9.62. The van der Waals surface area contributed by atoms with Gasteiger partial charge in [0.05, 0.1) is 17.4 Å². The average Bonchev–Trinajstić information content (AvgIpc) is 2.93. The van der Waals surface area contributed by atoms with Gasteiger partial charge in [0, 0.05) is 28.9 Å². The van der Waals surface area contributed by atoms with Gasteiger partial charge in [-0.1, -0.05) is 45.4 Å². The van der Waals surface area contributed by atoms with Gasteiger partial charge in [0.25, 0.3) is 0 Å². The van der Waals surface area contributed by atoms with Gasteiger partial charge in [-0.2, -0.15) is 0 Å². The van der Waals surface area contributed by atoms with Crippen LogP contribution in [0.1, 0.15) is 29.3 Å². The van der Waals surface area contributed by atoms with E-state index < -0.39 is 0 Å². The van der Waals surface area contributed by atoms with Gasteiger partial charge in [0.2, 0.25) is 0 Å². The highest BCUT2D eigenvalue weighted by Crippen LogP contribution is 2.38. The summed E-state index contributed by atoms with van der Waals surface area (Å²) in [6.45, 7) is 2.96. The van der Waals surface area contributed by atoms with Gasteiger partial charge in [-0.3, -0.25) is 0 Å². The molecule has 0 saturated carbocycles. The molecule has 0 aliphatic carbocycles. The largest absolute Gasteiger partial charge is 0.396 e. The number of hydrogen-bond acceptors (Lipinski definition) is 4. The molecule has 0 bridgehead atoms. The maximum Gasteiger partial charge on any atom is 0.0918 e. The number of halogens is 1. The summed E-state index contributed by atoms with van der Waals surface area (Å²) in [4.78, 5) is 0. The number of rotatable bonds is 4. The van der Waals surface area contributed by atoms with E-state index in [1.165, 1.54) is 11.1 Å². The van der Waals surface area contributed by atoms with Crippen LogP contribution in [0.4, 0.5) is 5.69 Å². The second-order valence-electron chi connectivity index (χ2n) is 6.59. The van der Waals surface area contributed by atoms with Gasteiger partial charge in [-0.25, -0.2) is 4.68 Å². The monoisotopic (exact) mass is 412 g/mol. The predicted molar refractivity (Wildman–Crippen MR) is 106 cm³/mol. The Balaban J connectivity index is 1.77. The molecule has 1 aliphatic heterocycles. The van der Waals surface area contributed by atoms with Crippen LogP contribution in [0.5, 0.6) is 0 Å². The van der Waals surface area contributed by atoms with Crippen molar-refractivity contribution in [3.63, 3.8) is 0 Å². The number of hydrogen-bond donors (Lipinski definition) is 2. The molecule has 2 heterocycles. The van der Waals surface area contributed by atoms with Crippen molar-refractivity contribution >= 4 is 21.6 Å². The van der Waals surface area contributed by atoms with Crippen molar-refractivity contribution in [1.82, 2.24) is 15.0 Å². The van der Waals surface area contributed by atoms with Gasteiger partial charge in [0.15, 0.2) is 0 Å². The van der Waals surface area contributed by atoms with Crippen molar-refractivity contribution in [3.8, 4) is 11.3 Å². The standard InChI is InChI=1S/C20H21BrN4O/c1-13-20-16-7-6-15(21)12-17(16)19(8-10-25(20)24-23-13)22-18-5-3-2-4-14(18)9-11-26/h2-7,12,19,22,26H,8-11H2,1H3. The molecule has 3 aromatic rings. The van der Waals surface area contributed by atoms with Crippen LogP contribution in [0.2, 0.25) is 0 Å². The zero-order valence-corrected chi connectivity index (χ0v) is 16.2. The molecule has 2 N–H and O–H groups in total. The summed E-state index contributed by atoms with van der Waals surface area (Å²) < 4.78 is 3.06. The lowest BCUT2D eigenvalue weighted by molar-refractivity contribution is 0.300. The second kappa shape index (κ2) is 7.21. The number of fused-ring (bicyclic) bond motifs is 3. The van der Waals surface area contributed by atoms with E-state index in [4.69, 9.17) is 0 Å². The van der Waals surface area contributed by atoms with Crippen molar-refractivity contribution in [3.05, 3.63) is 63.8 Å². The Bertz CT molecular complexity index is 937. The van der Waals surface area contributed by atoms with Crippen molar-refractivity contribution in [2.75, 3.05) is 11.9 Å². The molecule has 4 rings (SSSR count). The van der Waals surface area contributed by atoms with E-state index in [9.17, 15) is 5.11 Å². The number of nitrogens with one attached hydrogen (secondary N) is 1. The van der Waals surface area contributed by atoms with Gasteiger partial charge < -0.3 is 10.4 Å². The molecule has 5 nitrogen and oxygen atoms in total. The van der Waals surface area contributed by atoms with E-state index >= 15 is 0 Å². The minimum absolute atomic E-state index is 0.145. The maximum atomic E-state index is 9.36. The topological polar surface area (TPSA) is 63.0 Å². The SMILES string of the molecule is Cc1nnn2c1-c1ccc(Br)cc1C(Nc1ccccc1CCO)CC2. The third-order valence-electron chi connectivity index (χ3n) is 4.91. The molecular weight excluding hydrogens is 392 g/mol. The number of anilines is 1. The van der Waals surface area contributed by atoms with Crippen molar-refractivity contribution in [2.24, 2.45) is 0 Å². The summed E-state index contributed by atoms with van der Waals surface area (Å²) in [7, 11) is 0. The van der Waals surface area contributed by atoms with Crippen molar-refractivity contribution < 1.29 is 5.11 Å². The summed E-state index contributed by atoms with van der Waals surface area (Å²) in [5, 5.41) is 21.6. The predicted octanol–water partition coefficient (Wildman–Crippen LogP) is 4.11. The summed E-state index contributed by atoms with van der Waals surface area (Å²) in [5.41, 5.74) is 6.67. The molecule has 26 heavy (non-hydrogen) atoms. The van der Waals surface area contributed by atoms with E-state index in [1.54, 1.807) is 0 Å². The molecule has 0 radical (unpaired) electrons. The van der Waals surface area contributed by atoms with E-state index in [2.05, 4.69) is 61.9 Å². The number of aliphatic hydroxyl groups is 1. The van der Waals surface area contributed by atoms with Crippen LogP contribution in [0.3, 0.4) is 0 Å². The van der Waals surface area contributed by atoms with Crippen LogP contribution in [-0.2, 0) is 13.0 Å². The summed E-state index contributed by atoms with van der Waals surface area (Å²) in [5.74, 6) is 0. The zero-order valence-electron chi connectivity index (χ0n) is 14.6. The number of aromatic nitrogens is 3. The van der Waals surface area contributed by atoms with Crippen LogP contribution >= 0.6 is 15.9 Å². The molecule has 1 aliphatic rings. The Morgan fingerprint density at radius 2 is 2.12 bits per heavy atom. The molecule has 0 fully saturated rings. The Kier molecular flexibility index (Phi) is 4.78. The van der Waals surface area contributed by atoms with E-state index in [1.807, 2.05) is 23.7 Å². The fraction of sp³-hybridized carbons (Fsp3) is 0.300. The van der Waals surface area contributed by atoms with Gasteiger partial charge in [-0.15, -0.1) is 5.10 Å². The van der Waals surface area contributed by atoms with Gasteiger partial charge >= 0.3 is 0 Å². The number of aryl methyl sites for hydroxylation is 2. The van der Waals surface area contributed by atoms with Crippen molar-refractivity contribution in [2.45, 2.75) is 32.4 Å². The first-order chi connectivity index (χ1) is 12.7. The highest BCUT2D eigenvalue weighted by molar-refractivity contribution is 9.10. The molecule has 2 aromatic carbocycles. The number of aliphatic hydroxyl groups excluding tert-OH is 1. The minimum Gasteiger partial charge on any atom is -0.396 e. The molecule has 134 valence electrons. The summed E-state index contributed by atoms with van der Waals surface area (Å²) >= 11 is 3.62. The molecule has 1 aromatic heterocycles. The molecule has 0 amide bonds.